The molecule has 0 unspecified atom stereocenters. The number of furan rings is 1. The van der Waals surface area contributed by atoms with E-state index < -0.39 is 17.9 Å². The number of Topliss-reactive ketones (excluding diaryl/α,β-unsaturated/α-hetero) is 2. The van der Waals surface area contributed by atoms with Crippen molar-refractivity contribution in [3.05, 3.63) is 70.5 Å². The van der Waals surface area contributed by atoms with Crippen molar-refractivity contribution in [2.45, 2.75) is 33.8 Å². The molecule has 0 bridgehead atoms. The van der Waals surface area contributed by atoms with Crippen LogP contribution in [0.3, 0.4) is 0 Å². The molecule has 150 valence electrons. The zero-order valence-corrected chi connectivity index (χ0v) is 16.5. The molecule has 1 atom stereocenters. The number of ether oxygens (including phenoxy) is 1. The van der Waals surface area contributed by atoms with Crippen LogP contribution in [0.25, 0.3) is 11.3 Å². The van der Waals surface area contributed by atoms with Crippen LogP contribution in [-0.4, -0.2) is 28.6 Å². The smallest absolute Gasteiger partial charge is 0.374 e. The molecule has 3 aromatic rings. The summed E-state index contributed by atoms with van der Waals surface area (Å²) < 4.78 is 23.7. The van der Waals surface area contributed by atoms with Gasteiger partial charge < -0.3 is 14.1 Å². The second-order valence-corrected chi connectivity index (χ2v) is 6.76. The van der Waals surface area contributed by atoms with Gasteiger partial charge in [-0.1, -0.05) is 0 Å². The summed E-state index contributed by atoms with van der Waals surface area (Å²) >= 11 is 0. The fourth-order valence-electron chi connectivity index (χ4n) is 3.22. The predicted molar refractivity (Wildman–Crippen MR) is 104 cm³/mol. The monoisotopic (exact) mass is 397 g/mol. The quantitative estimate of drug-likeness (QED) is 0.483. The van der Waals surface area contributed by atoms with E-state index in [-0.39, 0.29) is 23.1 Å². The molecule has 0 saturated carbocycles. The number of nitrogens with one attached hydrogen (secondary N) is 1. The van der Waals surface area contributed by atoms with E-state index in [1.807, 2.05) is 0 Å². The molecule has 0 aliphatic carbocycles. The van der Waals surface area contributed by atoms with Crippen LogP contribution >= 0.6 is 0 Å². The van der Waals surface area contributed by atoms with E-state index in [0.717, 1.165) is 0 Å². The van der Waals surface area contributed by atoms with Gasteiger partial charge in [0, 0.05) is 16.8 Å². The second kappa shape index (κ2) is 7.87. The minimum absolute atomic E-state index is 0.0761. The number of aromatic nitrogens is 1. The fourth-order valence-corrected chi connectivity index (χ4v) is 3.22. The zero-order valence-electron chi connectivity index (χ0n) is 16.5. The van der Waals surface area contributed by atoms with Gasteiger partial charge in [-0.05, 0) is 69.7 Å². The Morgan fingerprint density at radius 1 is 1.07 bits per heavy atom. The van der Waals surface area contributed by atoms with E-state index in [1.54, 1.807) is 19.9 Å². The molecule has 0 aliphatic rings. The van der Waals surface area contributed by atoms with Crippen LogP contribution in [0.5, 0.6) is 0 Å². The van der Waals surface area contributed by atoms with Gasteiger partial charge in [0.2, 0.25) is 11.5 Å². The summed E-state index contributed by atoms with van der Waals surface area (Å²) in [5.41, 5.74) is 2.41. The van der Waals surface area contributed by atoms with Gasteiger partial charge in [0.05, 0.1) is 5.69 Å². The Hall–Kier alpha value is -3.48. The molecule has 0 spiro atoms. The SMILES string of the molecule is CC(=O)c1c(C)[nH]c(C(=O)[C@H](C)OC(=O)c2ccc(-c3ccc(F)cc3)o2)c1C. The van der Waals surface area contributed by atoms with Crippen LogP contribution < -0.4 is 0 Å². The van der Waals surface area contributed by atoms with Gasteiger partial charge in [0.15, 0.2) is 11.9 Å². The highest BCUT2D eigenvalue weighted by Gasteiger charge is 2.27. The van der Waals surface area contributed by atoms with Crippen molar-refractivity contribution in [3.63, 3.8) is 0 Å². The fraction of sp³-hybridized carbons (Fsp3) is 0.227. The number of halogens is 1. The van der Waals surface area contributed by atoms with Gasteiger partial charge in [0.1, 0.15) is 11.6 Å². The van der Waals surface area contributed by atoms with E-state index in [2.05, 4.69) is 4.98 Å². The van der Waals surface area contributed by atoms with Crippen molar-refractivity contribution in [1.82, 2.24) is 4.98 Å². The van der Waals surface area contributed by atoms with Gasteiger partial charge in [-0.15, -0.1) is 0 Å². The Bertz CT molecular complexity index is 1090. The summed E-state index contributed by atoms with van der Waals surface area (Å²) in [6, 6.07) is 8.61. The molecule has 6 nitrogen and oxygen atoms in total. The third-order valence-electron chi connectivity index (χ3n) is 4.62. The van der Waals surface area contributed by atoms with Crippen LogP contribution in [0.2, 0.25) is 0 Å². The second-order valence-electron chi connectivity index (χ2n) is 6.76. The lowest BCUT2D eigenvalue weighted by Gasteiger charge is -2.11. The van der Waals surface area contributed by atoms with E-state index in [4.69, 9.17) is 9.15 Å². The van der Waals surface area contributed by atoms with E-state index in [9.17, 15) is 18.8 Å². The first kappa shape index (κ1) is 20.3. The number of hydrogen-bond donors (Lipinski definition) is 1. The average Bonchev–Trinajstić information content (AvgIpc) is 3.26. The van der Waals surface area contributed by atoms with E-state index in [0.29, 0.717) is 28.1 Å². The summed E-state index contributed by atoms with van der Waals surface area (Å²) in [6.45, 7) is 6.25. The number of H-pyrrole nitrogens is 1. The Kier molecular flexibility index (Phi) is 5.50. The molecule has 0 radical (unpaired) electrons. The predicted octanol–water partition coefficient (Wildman–Crippen LogP) is 4.66. The van der Waals surface area contributed by atoms with Crippen LogP contribution in [-0.2, 0) is 4.74 Å². The molecule has 0 amide bonds. The molecule has 7 heteroatoms. The van der Waals surface area contributed by atoms with Gasteiger partial charge >= 0.3 is 5.97 Å². The Morgan fingerprint density at radius 2 is 1.72 bits per heavy atom. The number of esters is 1. The van der Waals surface area contributed by atoms with Crippen molar-refractivity contribution in [2.24, 2.45) is 0 Å². The first-order valence-corrected chi connectivity index (χ1v) is 9.00. The maximum absolute atomic E-state index is 13.0. The van der Waals surface area contributed by atoms with Crippen LogP contribution in [0.4, 0.5) is 4.39 Å². The topological polar surface area (TPSA) is 89.4 Å². The molecule has 2 aromatic heterocycles. The largest absolute Gasteiger partial charge is 0.449 e. The molecule has 0 saturated heterocycles. The Balaban J connectivity index is 1.74. The maximum Gasteiger partial charge on any atom is 0.374 e. The lowest BCUT2D eigenvalue weighted by atomic mass is 10.0. The van der Waals surface area contributed by atoms with Crippen LogP contribution in [0.1, 0.15) is 56.5 Å². The van der Waals surface area contributed by atoms with Crippen LogP contribution in [0.15, 0.2) is 40.8 Å². The molecule has 0 fully saturated rings. The number of rotatable bonds is 6. The first-order chi connectivity index (χ1) is 13.7. The Labute approximate surface area is 166 Å². The van der Waals surface area contributed by atoms with Gasteiger partial charge in [-0.3, -0.25) is 9.59 Å². The molecular weight excluding hydrogens is 377 g/mol. The summed E-state index contributed by atoms with van der Waals surface area (Å²) in [5, 5.41) is 0. The average molecular weight is 397 g/mol. The third-order valence-corrected chi connectivity index (χ3v) is 4.62. The Morgan fingerprint density at radius 3 is 2.31 bits per heavy atom. The lowest BCUT2D eigenvalue weighted by Crippen LogP contribution is -2.25. The maximum atomic E-state index is 13.0. The minimum atomic E-state index is -1.08. The highest BCUT2D eigenvalue weighted by atomic mass is 19.1. The normalized spacial score (nSPS) is 11.9. The first-order valence-electron chi connectivity index (χ1n) is 9.00. The number of carbonyl (C=O) groups is 3. The molecule has 3 rings (SSSR count). The summed E-state index contributed by atoms with van der Waals surface area (Å²) in [6.07, 6.45) is -1.08. The van der Waals surface area contributed by atoms with Gasteiger partial charge in [-0.25, -0.2) is 9.18 Å². The highest BCUT2D eigenvalue weighted by molar-refractivity contribution is 6.05. The van der Waals surface area contributed by atoms with Gasteiger partial charge in [-0.2, -0.15) is 0 Å². The molecular formula is C22H20FNO5. The third kappa shape index (κ3) is 4.03. The standard InChI is InChI=1S/C22H20FNO5/c1-11-19(13(3)25)12(2)24-20(11)21(26)14(4)28-22(27)18-10-9-17(29-18)15-5-7-16(23)8-6-15/h5-10,14,24H,1-4H3/t14-/m0/s1. The molecule has 1 aromatic carbocycles. The molecule has 0 aliphatic heterocycles. The lowest BCUT2D eigenvalue weighted by molar-refractivity contribution is 0.0288. The van der Waals surface area contributed by atoms with Crippen molar-refractivity contribution in [2.75, 3.05) is 0 Å². The van der Waals surface area contributed by atoms with Crippen molar-refractivity contribution >= 4 is 17.5 Å². The highest BCUT2D eigenvalue weighted by Crippen LogP contribution is 2.24. The summed E-state index contributed by atoms with van der Waals surface area (Å²) in [4.78, 5) is 39.7. The van der Waals surface area contributed by atoms with E-state index >= 15 is 0 Å². The van der Waals surface area contributed by atoms with E-state index in [1.165, 1.54) is 44.2 Å². The number of aromatic amines is 1. The number of benzene rings is 1. The van der Waals surface area contributed by atoms with Gasteiger partial charge in [0.25, 0.3) is 0 Å². The minimum Gasteiger partial charge on any atom is -0.449 e. The summed E-state index contributed by atoms with van der Waals surface area (Å²) in [7, 11) is 0. The number of carbonyl (C=O) groups excluding carboxylic acids is 3. The van der Waals surface area contributed by atoms with Crippen LogP contribution in [0, 0.1) is 19.7 Å². The number of hydrogen-bond acceptors (Lipinski definition) is 5. The molecule has 2 heterocycles. The zero-order chi connectivity index (χ0) is 21.3. The summed E-state index contributed by atoms with van der Waals surface area (Å²) in [5.74, 6) is -1.48. The number of ketones is 2. The number of aryl methyl sites for hydroxylation is 1. The molecule has 29 heavy (non-hydrogen) atoms. The molecule has 1 N–H and O–H groups in total. The van der Waals surface area contributed by atoms with Crippen molar-refractivity contribution < 1.29 is 27.9 Å². The van der Waals surface area contributed by atoms with Crippen molar-refractivity contribution in [1.29, 1.82) is 0 Å². The van der Waals surface area contributed by atoms with Crippen molar-refractivity contribution in [3.8, 4) is 11.3 Å².